The summed E-state index contributed by atoms with van der Waals surface area (Å²) in [5, 5.41) is 8.84. The van der Waals surface area contributed by atoms with Crippen molar-refractivity contribution in [2.45, 2.75) is 17.7 Å². The van der Waals surface area contributed by atoms with E-state index in [-0.39, 0.29) is 16.7 Å². The Hall–Kier alpha value is -2.69. The summed E-state index contributed by atoms with van der Waals surface area (Å²) >= 11 is 0. The van der Waals surface area contributed by atoms with Crippen molar-refractivity contribution < 1.29 is 13.2 Å². The Balaban J connectivity index is 1.65. The lowest BCUT2D eigenvalue weighted by Gasteiger charge is -2.32. The second-order valence-corrected chi connectivity index (χ2v) is 8.49. The maximum Gasteiger partial charge on any atom is 0.243 e. The summed E-state index contributed by atoms with van der Waals surface area (Å²) in [6, 6.07) is 17.3. The molecule has 0 N–H and O–H groups in total. The topological polar surface area (TPSA) is 81.5 Å². The largest absolute Gasteiger partial charge is 0.315 e. The minimum absolute atomic E-state index is 0.0108. The molecule has 2 aromatic rings. The van der Waals surface area contributed by atoms with Gasteiger partial charge in [-0.15, -0.1) is 0 Å². The Kier molecular flexibility index (Phi) is 5.59. The van der Waals surface area contributed by atoms with Gasteiger partial charge in [0.15, 0.2) is 0 Å². The van der Waals surface area contributed by atoms with E-state index >= 15 is 0 Å². The van der Waals surface area contributed by atoms with Crippen molar-refractivity contribution in [2.24, 2.45) is 5.92 Å². The number of hydrogen-bond donors (Lipinski definition) is 0. The summed E-state index contributed by atoms with van der Waals surface area (Å²) in [4.78, 5) is 14.5. The smallest absolute Gasteiger partial charge is 0.243 e. The van der Waals surface area contributed by atoms with E-state index in [4.69, 9.17) is 5.26 Å². The fourth-order valence-corrected chi connectivity index (χ4v) is 4.72. The average molecular weight is 383 g/mol. The van der Waals surface area contributed by atoms with Crippen LogP contribution in [-0.4, -0.2) is 38.8 Å². The summed E-state index contributed by atoms with van der Waals surface area (Å²) in [7, 11) is -1.86. The molecular formula is C20H21N3O3S. The first kappa shape index (κ1) is 19.1. The predicted octanol–water partition coefficient (Wildman–Crippen LogP) is 2.62. The van der Waals surface area contributed by atoms with E-state index in [0.29, 0.717) is 31.5 Å². The van der Waals surface area contributed by atoms with Crippen molar-refractivity contribution in [2.75, 3.05) is 25.0 Å². The number of piperidine rings is 1. The minimum Gasteiger partial charge on any atom is -0.315 e. The highest BCUT2D eigenvalue weighted by Gasteiger charge is 2.33. The molecule has 0 spiro atoms. The molecule has 0 aromatic heterocycles. The molecule has 0 saturated carbocycles. The Morgan fingerprint density at radius 3 is 2.22 bits per heavy atom. The summed E-state index contributed by atoms with van der Waals surface area (Å²) in [6.45, 7) is 0.614. The number of hydrogen-bond acceptors (Lipinski definition) is 4. The molecule has 3 rings (SSSR count). The van der Waals surface area contributed by atoms with Gasteiger partial charge in [0.25, 0.3) is 0 Å². The third kappa shape index (κ3) is 4.02. The van der Waals surface area contributed by atoms with Gasteiger partial charge in [0, 0.05) is 31.7 Å². The lowest BCUT2D eigenvalue weighted by atomic mass is 9.96. The zero-order chi connectivity index (χ0) is 19.4. The van der Waals surface area contributed by atoms with Crippen LogP contribution in [0.1, 0.15) is 18.4 Å². The first-order valence-corrected chi connectivity index (χ1v) is 10.2. The summed E-state index contributed by atoms with van der Waals surface area (Å²) in [6.07, 6.45) is 0.983. The summed E-state index contributed by atoms with van der Waals surface area (Å²) in [5.41, 5.74) is 1.25. The van der Waals surface area contributed by atoms with E-state index in [1.165, 1.54) is 28.6 Å². The number of sulfonamides is 1. The maximum atomic E-state index is 12.8. The predicted molar refractivity (Wildman–Crippen MR) is 102 cm³/mol. The van der Waals surface area contributed by atoms with Gasteiger partial charge >= 0.3 is 0 Å². The van der Waals surface area contributed by atoms with Crippen LogP contribution in [0.3, 0.4) is 0 Å². The Bertz CT molecular complexity index is 942. The first-order chi connectivity index (χ1) is 12.9. The average Bonchev–Trinajstić information content (AvgIpc) is 2.73. The third-order valence-electron chi connectivity index (χ3n) is 4.90. The summed E-state index contributed by atoms with van der Waals surface area (Å²) in [5.74, 6) is -0.181. The van der Waals surface area contributed by atoms with Gasteiger partial charge in [0.1, 0.15) is 0 Å². The van der Waals surface area contributed by atoms with Crippen LogP contribution in [0.4, 0.5) is 5.69 Å². The molecule has 7 heteroatoms. The van der Waals surface area contributed by atoms with Crippen LogP contribution >= 0.6 is 0 Å². The molecule has 0 atom stereocenters. The Labute approximate surface area is 159 Å². The Morgan fingerprint density at radius 2 is 1.67 bits per heavy atom. The molecule has 0 aliphatic carbocycles. The van der Waals surface area contributed by atoms with Gasteiger partial charge < -0.3 is 4.90 Å². The van der Waals surface area contributed by atoms with Gasteiger partial charge in [-0.25, -0.2) is 8.42 Å². The van der Waals surface area contributed by atoms with Crippen LogP contribution < -0.4 is 4.90 Å². The number of nitrogens with zero attached hydrogens (tertiary/aromatic N) is 3. The Morgan fingerprint density at radius 1 is 1.07 bits per heavy atom. The minimum atomic E-state index is -3.61. The quantitative estimate of drug-likeness (QED) is 0.813. The standard InChI is InChI=1S/C20H21N3O3S/c1-22(18-5-3-2-4-6-18)20(24)17-11-13-23(14-12-17)27(25,26)19-9-7-16(15-21)8-10-19/h2-10,17H,11-14H2,1H3. The first-order valence-electron chi connectivity index (χ1n) is 8.76. The number of nitriles is 1. The van der Waals surface area contributed by atoms with Crippen molar-refractivity contribution in [3.63, 3.8) is 0 Å². The van der Waals surface area contributed by atoms with Gasteiger partial charge in [0.05, 0.1) is 16.5 Å². The number of amides is 1. The molecule has 0 radical (unpaired) electrons. The zero-order valence-corrected chi connectivity index (χ0v) is 15.9. The molecule has 27 heavy (non-hydrogen) atoms. The van der Waals surface area contributed by atoms with Gasteiger partial charge in [-0.1, -0.05) is 18.2 Å². The van der Waals surface area contributed by atoms with Crippen LogP contribution in [0.15, 0.2) is 59.5 Å². The van der Waals surface area contributed by atoms with Gasteiger partial charge in [-0.2, -0.15) is 9.57 Å². The van der Waals surface area contributed by atoms with E-state index in [0.717, 1.165) is 5.69 Å². The monoisotopic (exact) mass is 383 g/mol. The van der Waals surface area contributed by atoms with Crippen LogP contribution in [0.2, 0.25) is 0 Å². The second kappa shape index (κ2) is 7.91. The van der Waals surface area contributed by atoms with E-state index < -0.39 is 10.0 Å². The molecule has 1 amide bonds. The molecule has 2 aromatic carbocycles. The van der Waals surface area contributed by atoms with E-state index in [9.17, 15) is 13.2 Å². The molecule has 1 saturated heterocycles. The molecule has 1 fully saturated rings. The SMILES string of the molecule is CN(C(=O)C1CCN(S(=O)(=O)c2ccc(C#N)cc2)CC1)c1ccccc1. The van der Waals surface area contributed by atoms with E-state index in [1.54, 1.807) is 11.9 Å². The molecule has 0 unspecified atom stereocenters. The molecule has 0 bridgehead atoms. The fraction of sp³-hybridized carbons (Fsp3) is 0.300. The zero-order valence-electron chi connectivity index (χ0n) is 15.1. The van der Waals surface area contributed by atoms with E-state index in [2.05, 4.69) is 0 Å². The van der Waals surface area contributed by atoms with Crippen LogP contribution in [0, 0.1) is 17.2 Å². The fourth-order valence-electron chi connectivity index (χ4n) is 3.25. The van der Waals surface area contributed by atoms with Gasteiger partial charge in [0.2, 0.25) is 15.9 Å². The molecular weight excluding hydrogens is 362 g/mol. The lowest BCUT2D eigenvalue weighted by Crippen LogP contribution is -2.43. The van der Waals surface area contributed by atoms with Crippen molar-refractivity contribution in [1.29, 1.82) is 5.26 Å². The number of anilines is 1. The van der Waals surface area contributed by atoms with Crippen LogP contribution in [0.5, 0.6) is 0 Å². The van der Waals surface area contributed by atoms with Crippen LogP contribution in [0.25, 0.3) is 0 Å². The maximum absolute atomic E-state index is 12.8. The lowest BCUT2D eigenvalue weighted by molar-refractivity contribution is -0.123. The van der Waals surface area contributed by atoms with E-state index in [1.807, 2.05) is 36.4 Å². The highest BCUT2D eigenvalue weighted by molar-refractivity contribution is 7.89. The molecule has 1 aliphatic rings. The molecule has 1 heterocycles. The number of carbonyl (C=O) groups excluding carboxylic acids is 1. The summed E-state index contributed by atoms with van der Waals surface area (Å²) < 4.78 is 27.0. The third-order valence-corrected chi connectivity index (χ3v) is 6.81. The van der Waals surface area contributed by atoms with Crippen molar-refractivity contribution >= 4 is 21.6 Å². The number of rotatable bonds is 4. The highest BCUT2D eigenvalue weighted by Crippen LogP contribution is 2.26. The molecule has 1 aliphatic heterocycles. The normalized spacial score (nSPS) is 15.9. The van der Waals surface area contributed by atoms with Crippen molar-refractivity contribution in [1.82, 2.24) is 4.31 Å². The highest BCUT2D eigenvalue weighted by atomic mass is 32.2. The van der Waals surface area contributed by atoms with Gasteiger partial charge in [-0.3, -0.25) is 4.79 Å². The number of para-hydroxylation sites is 1. The second-order valence-electron chi connectivity index (χ2n) is 6.55. The molecule has 140 valence electrons. The number of carbonyl (C=O) groups is 1. The number of benzene rings is 2. The van der Waals surface area contributed by atoms with Crippen LogP contribution in [-0.2, 0) is 14.8 Å². The van der Waals surface area contributed by atoms with Crippen molar-refractivity contribution in [3.05, 3.63) is 60.2 Å². The van der Waals surface area contributed by atoms with Gasteiger partial charge in [-0.05, 0) is 49.2 Å². The molecule has 6 nitrogen and oxygen atoms in total. The van der Waals surface area contributed by atoms with Crippen molar-refractivity contribution in [3.8, 4) is 6.07 Å².